The minimum Gasteiger partial charge on any atom is -0.465 e. The van der Waals surface area contributed by atoms with Gasteiger partial charge in [0.1, 0.15) is 6.04 Å². The summed E-state index contributed by atoms with van der Waals surface area (Å²) in [4.78, 5) is 65.6. The van der Waals surface area contributed by atoms with Gasteiger partial charge in [0.05, 0.1) is 37.8 Å². The molecule has 11 nitrogen and oxygen atoms in total. The maximum atomic E-state index is 13.5. The monoisotopic (exact) mass is 528 g/mol. The molecule has 3 aliphatic rings. The molecular weight excluding hydrogens is 492 g/mol. The normalized spacial score (nSPS) is 23.5. The van der Waals surface area contributed by atoms with Crippen LogP contribution in [0.1, 0.15) is 84.9 Å². The van der Waals surface area contributed by atoms with Crippen molar-refractivity contribution in [2.45, 2.75) is 88.4 Å². The predicted molar refractivity (Wildman–Crippen MR) is 138 cm³/mol. The van der Waals surface area contributed by atoms with E-state index in [0.717, 1.165) is 57.8 Å². The third-order valence-electron chi connectivity index (χ3n) is 7.66. The second-order valence-corrected chi connectivity index (χ2v) is 10.2. The highest BCUT2D eigenvalue weighted by Gasteiger charge is 2.46. The third-order valence-corrected chi connectivity index (χ3v) is 7.66. The van der Waals surface area contributed by atoms with Gasteiger partial charge in [-0.3, -0.25) is 9.59 Å². The number of hydrogen-bond donors (Lipinski definition) is 3. The van der Waals surface area contributed by atoms with Crippen LogP contribution in [-0.2, 0) is 19.1 Å². The molecular formula is C27H36N4O7. The number of rotatable bonds is 6. The average molecular weight is 529 g/mol. The molecule has 4 amide bonds. The Kier molecular flexibility index (Phi) is 8.85. The first-order valence-corrected chi connectivity index (χ1v) is 13.3. The molecule has 2 saturated carbocycles. The van der Waals surface area contributed by atoms with Crippen LogP contribution >= 0.6 is 0 Å². The van der Waals surface area contributed by atoms with Gasteiger partial charge in [-0.1, -0.05) is 32.1 Å². The molecule has 1 aromatic carbocycles. The van der Waals surface area contributed by atoms with E-state index in [1.165, 1.54) is 32.4 Å². The van der Waals surface area contributed by atoms with Crippen molar-refractivity contribution in [2.24, 2.45) is 0 Å². The van der Waals surface area contributed by atoms with E-state index in [2.05, 4.69) is 16.0 Å². The molecule has 4 rings (SSSR count). The lowest BCUT2D eigenvalue weighted by atomic mass is 9.85. The molecule has 1 aromatic rings. The summed E-state index contributed by atoms with van der Waals surface area (Å²) in [5, 5.41) is 8.82. The van der Waals surface area contributed by atoms with Crippen molar-refractivity contribution in [3.63, 3.8) is 0 Å². The quantitative estimate of drug-likeness (QED) is 0.482. The van der Waals surface area contributed by atoms with Crippen LogP contribution in [0, 0.1) is 0 Å². The van der Waals surface area contributed by atoms with Crippen molar-refractivity contribution < 1.29 is 33.4 Å². The van der Waals surface area contributed by atoms with Crippen LogP contribution in [0.3, 0.4) is 0 Å². The summed E-state index contributed by atoms with van der Waals surface area (Å²) in [7, 11) is 2.41. The fourth-order valence-corrected chi connectivity index (χ4v) is 5.79. The fraction of sp³-hybridized carbons (Fsp3) is 0.593. The number of amides is 4. The maximum Gasteiger partial charge on any atom is 0.337 e. The summed E-state index contributed by atoms with van der Waals surface area (Å²) >= 11 is 0. The van der Waals surface area contributed by atoms with Crippen molar-refractivity contribution in [2.75, 3.05) is 19.5 Å². The molecule has 1 saturated heterocycles. The Labute approximate surface area is 222 Å². The van der Waals surface area contributed by atoms with Crippen LogP contribution in [0.15, 0.2) is 18.2 Å². The van der Waals surface area contributed by atoms with Gasteiger partial charge in [0, 0.05) is 17.8 Å². The van der Waals surface area contributed by atoms with Crippen molar-refractivity contribution >= 4 is 35.5 Å². The lowest BCUT2D eigenvalue weighted by Crippen LogP contribution is -2.69. The minimum atomic E-state index is -0.984. The van der Waals surface area contributed by atoms with E-state index in [1.54, 1.807) is 4.90 Å². The number of urea groups is 1. The number of carbonyl (C=O) groups excluding carboxylic acids is 5. The molecule has 3 fully saturated rings. The summed E-state index contributed by atoms with van der Waals surface area (Å²) < 4.78 is 9.49. The van der Waals surface area contributed by atoms with Crippen LogP contribution in [0.4, 0.5) is 10.5 Å². The highest BCUT2D eigenvalue weighted by atomic mass is 16.5. The Hall–Kier alpha value is -3.63. The van der Waals surface area contributed by atoms with E-state index in [-0.39, 0.29) is 53.3 Å². The van der Waals surface area contributed by atoms with E-state index in [9.17, 15) is 24.0 Å². The van der Waals surface area contributed by atoms with Gasteiger partial charge in [0.2, 0.25) is 11.8 Å². The van der Waals surface area contributed by atoms with Crippen molar-refractivity contribution in [3.05, 3.63) is 29.3 Å². The van der Waals surface area contributed by atoms with E-state index < -0.39 is 23.9 Å². The summed E-state index contributed by atoms with van der Waals surface area (Å²) in [6, 6.07) is 2.52. The summed E-state index contributed by atoms with van der Waals surface area (Å²) in [5.41, 5.74) is 0.280. The van der Waals surface area contributed by atoms with Gasteiger partial charge in [-0.15, -0.1) is 0 Å². The number of hydrogen-bond acceptors (Lipinski definition) is 7. The highest BCUT2D eigenvalue weighted by molar-refractivity contribution is 6.01. The van der Waals surface area contributed by atoms with Gasteiger partial charge in [-0.05, 0) is 43.9 Å². The molecule has 11 heteroatoms. The van der Waals surface area contributed by atoms with E-state index in [1.807, 2.05) is 0 Å². The molecule has 0 bridgehead atoms. The Morgan fingerprint density at radius 2 is 1.50 bits per heavy atom. The minimum absolute atomic E-state index is 0.0552. The molecule has 0 aromatic heterocycles. The third kappa shape index (κ3) is 6.25. The number of methoxy groups -OCH3 is 2. The van der Waals surface area contributed by atoms with Crippen LogP contribution in [-0.4, -0.2) is 73.1 Å². The Balaban J connectivity index is 1.54. The van der Waals surface area contributed by atoms with Gasteiger partial charge < -0.3 is 30.3 Å². The Bertz CT molecular complexity index is 1050. The van der Waals surface area contributed by atoms with Crippen LogP contribution in [0.5, 0.6) is 0 Å². The molecule has 206 valence electrons. The first kappa shape index (κ1) is 27.4. The number of nitrogens with zero attached hydrogens (tertiary/aromatic N) is 1. The van der Waals surface area contributed by atoms with E-state index >= 15 is 0 Å². The average Bonchev–Trinajstić information content (AvgIpc) is 2.92. The molecule has 3 atom stereocenters. The van der Waals surface area contributed by atoms with Gasteiger partial charge in [-0.25, -0.2) is 14.4 Å². The number of esters is 2. The zero-order chi connectivity index (χ0) is 27.2. The standard InChI is InChI=1S/C27H36N4O7/c1-37-25(34)16-12-17(26(35)38-2)14-19(13-16)28-23(32)15-22-24(33)30-20-10-6-7-11-21(20)31(22)27(36)29-18-8-4-3-5-9-18/h12-14,18,20-22H,3-11,15H2,1-2H3,(H,28,32)(H,29,36)(H,30,33)/t20-,21-,22+/m0/s1. The number of anilines is 1. The van der Waals surface area contributed by atoms with E-state index in [0.29, 0.717) is 0 Å². The lowest BCUT2D eigenvalue weighted by molar-refractivity contribution is -0.135. The first-order valence-electron chi connectivity index (χ1n) is 13.3. The highest BCUT2D eigenvalue weighted by Crippen LogP contribution is 2.30. The number of fused-ring (bicyclic) bond motifs is 1. The van der Waals surface area contributed by atoms with E-state index in [4.69, 9.17) is 9.47 Å². The SMILES string of the molecule is COC(=O)c1cc(NC(=O)C[C@@H]2C(=O)N[C@H]3CCCC[C@@H]3N2C(=O)NC2CCCCC2)cc(C(=O)OC)c1. The zero-order valence-electron chi connectivity index (χ0n) is 21.9. The molecule has 38 heavy (non-hydrogen) atoms. The number of benzene rings is 1. The second kappa shape index (κ2) is 12.3. The van der Waals surface area contributed by atoms with Crippen LogP contribution < -0.4 is 16.0 Å². The van der Waals surface area contributed by atoms with Gasteiger partial charge in [-0.2, -0.15) is 0 Å². The maximum absolute atomic E-state index is 13.5. The fourth-order valence-electron chi connectivity index (χ4n) is 5.79. The topological polar surface area (TPSA) is 143 Å². The van der Waals surface area contributed by atoms with Crippen molar-refractivity contribution in [3.8, 4) is 0 Å². The number of piperazine rings is 1. The number of carbonyl (C=O) groups is 5. The first-order chi connectivity index (χ1) is 18.3. The number of nitrogens with one attached hydrogen (secondary N) is 3. The lowest BCUT2D eigenvalue weighted by Gasteiger charge is -2.48. The smallest absolute Gasteiger partial charge is 0.337 e. The Morgan fingerprint density at radius 1 is 0.895 bits per heavy atom. The van der Waals surface area contributed by atoms with Crippen molar-refractivity contribution in [1.29, 1.82) is 0 Å². The molecule has 2 aliphatic carbocycles. The molecule has 1 aliphatic heterocycles. The van der Waals surface area contributed by atoms with Gasteiger partial charge in [0.25, 0.3) is 0 Å². The molecule has 0 radical (unpaired) electrons. The Morgan fingerprint density at radius 3 is 2.13 bits per heavy atom. The molecule has 0 unspecified atom stereocenters. The van der Waals surface area contributed by atoms with Gasteiger partial charge in [0.15, 0.2) is 0 Å². The summed E-state index contributed by atoms with van der Waals surface area (Å²) in [6.45, 7) is 0. The van der Waals surface area contributed by atoms with Crippen LogP contribution in [0.2, 0.25) is 0 Å². The summed E-state index contributed by atoms with van der Waals surface area (Å²) in [5.74, 6) is -2.27. The largest absolute Gasteiger partial charge is 0.465 e. The summed E-state index contributed by atoms with van der Waals surface area (Å²) in [6.07, 6.45) is 8.27. The second-order valence-electron chi connectivity index (χ2n) is 10.2. The zero-order valence-corrected chi connectivity index (χ0v) is 21.9. The molecule has 3 N–H and O–H groups in total. The van der Waals surface area contributed by atoms with Crippen LogP contribution in [0.25, 0.3) is 0 Å². The molecule has 1 heterocycles. The number of ether oxygens (including phenoxy) is 2. The molecule has 0 spiro atoms. The predicted octanol–water partition coefficient (Wildman–Crippen LogP) is 2.74. The van der Waals surface area contributed by atoms with Gasteiger partial charge >= 0.3 is 18.0 Å². The van der Waals surface area contributed by atoms with Crippen molar-refractivity contribution in [1.82, 2.24) is 15.5 Å².